The summed E-state index contributed by atoms with van der Waals surface area (Å²) in [7, 11) is 0. The first kappa shape index (κ1) is 21.4. The van der Waals surface area contributed by atoms with E-state index in [1.807, 2.05) is 0 Å². The van der Waals surface area contributed by atoms with Gasteiger partial charge in [-0.15, -0.1) is 24.8 Å². The van der Waals surface area contributed by atoms with Crippen LogP contribution in [0.4, 0.5) is 0 Å². The molecule has 0 unspecified atom stereocenters. The van der Waals surface area contributed by atoms with Gasteiger partial charge in [-0.25, -0.2) is 0 Å². The van der Waals surface area contributed by atoms with Crippen molar-refractivity contribution >= 4 is 24.8 Å². The van der Waals surface area contributed by atoms with Crippen molar-refractivity contribution < 1.29 is 28.3 Å². The van der Waals surface area contributed by atoms with Crippen LogP contribution in [-0.4, -0.2) is 11.7 Å². The molecule has 1 nitrogen and oxygen atoms in total. The van der Waals surface area contributed by atoms with E-state index in [-0.39, 0.29) is 36.8 Å². The summed E-state index contributed by atoms with van der Waals surface area (Å²) in [6.45, 7) is 11.9. The van der Waals surface area contributed by atoms with Crippen molar-refractivity contribution in [1.82, 2.24) is 0 Å². The predicted octanol–water partition coefficient (Wildman–Crippen LogP) is 5.16. The molecular formula is C17H26Cl2OZr. The number of allylic oxidation sites excluding steroid dienone is 7. The summed E-state index contributed by atoms with van der Waals surface area (Å²) in [4.78, 5) is 0. The van der Waals surface area contributed by atoms with Crippen LogP contribution < -0.4 is 0 Å². The molecule has 2 rings (SSSR count). The summed E-state index contributed by atoms with van der Waals surface area (Å²) in [6, 6.07) is 0. The normalized spacial score (nSPS) is 19.9. The maximum Gasteiger partial charge on any atom is -0.147 e. The van der Waals surface area contributed by atoms with Crippen LogP contribution in [0.1, 0.15) is 47.5 Å². The molecule has 0 amide bonds. The minimum absolute atomic E-state index is 0. The van der Waals surface area contributed by atoms with Gasteiger partial charge in [0, 0.05) is 0 Å². The zero-order chi connectivity index (χ0) is 14.2. The van der Waals surface area contributed by atoms with E-state index in [2.05, 4.69) is 46.8 Å². The van der Waals surface area contributed by atoms with Crippen molar-refractivity contribution in [2.24, 2.45) is 5.41 Å². The SMILES string of the molecule is CC1=C(C)C(C)(C)[C]([Zr][C]2=C(CCO)C=CC2)=C1C.Cl.Cl. The molecule has 0 spiro atoms. The molecule has 0 aromatic rings. The van der Waals surface area contributed by atoms with Crippen molar-refractivity contribution in [3.8, 4) is 0 Å². The van der Waals surface area contributed by atoms with Crippen molar-refractivity contribution in [3.63, 3.8) is 0 Å². The first-order valence-electron chi connectivity index (χ1n) is 7.05. The van der Waals surface area contributed by atoms with Gasteiger partial charge in [0.1, 0.15) is 0 Å². The second-order valence-corrected chi connectivity index (χ2v) is 9.41. The Morgan fingerprint density at radius 1 is 1.14 bits per heavy atom. The summed E-state index contributed by atoms with van der Waals surface area (Å²) in [6.07, 6.45) is 6.47. The molecule has 0 saturated heterocycles. The molecule has 0 heterocycles. The fraction of sp³-hybridized carbons (Fsp3) is 0.529. The molecule has 1 N–H and O–H groups in total. The molecule has 118 valence electrons. The van der Waals surface area contributed by atoms with Gasteiger partial charge in [-0.1, -0.05) is 0 Å². The van der Waals surface area contributed by atoms with Crippen LogP contribution in [0.15, 0.2) is 41.0 Å². The monoisotopic (exact) mass is 406 g/mol. The van der Waals surface area contributed by atoms with E-state index < -0.39 is 23.2 Å². The van der Waals surface area contributed by atoms with Crippen LogP contribution in [0.3, 0.4) is 0 Å². The van der Waals surface area contributed by atoms with Gasteiger partial charge < -0.3 is 0 Å². The zero-order valence-corrected chi connectivity index (χ0v) is 17.6. The maximum atomic E-state index is 9.17. The molecule has 0 bridgehead atoms. The zero-order valence-electron chi connectivity index (χ0n) is 13.5. The van der Waals surface area contributed by atoms with Crippen LogP contribution in [0, 0.1) is 5.41 Å². The Kier molecular flexibility index (Phi) is 8.45. The molecule has 0 aliphatic heterocycles. The molecule has 0 radical (unpaired) electrons. The average molecular weight is 409 g/mol. The Hall–Kier alpha value is 0.383. The molecule has 0 fully saturated rings. The Balaban J connectivity index is 0.00000200. The van der Waals surface area contributed by atoms with E-state index >= 15 is 0 Å². The third kappa shape index (κ3) is 4.02. The fourth-order valence-electron chi connectivity index (χ4n) is 3.03. The quantitative estimate of drug-likeness (QED) is 0.681. The van der Waals surface area contributed by atoms with Crippen LogP contribution >= 0.6 is 24.8 Å². The number of aliphatic hydroxyl groups excluding tert-OH is 1. The Bertz CT molecular complexity index is 525. The van der Waals surface area contributed by atoms with Crippen LogP contribution in [-0.2, 0) is 23.2 Å². The minimum Gasteiger partial charge on any atom is -0.147 e. The van der Waals surface area contributed by atoms with Crippen LogP contribution in [0.2, 0.25) is 0 Å². The van der Waals surface area contributed by atoms with E-state index in [0.717, 1.165) is 12.8 Å². The molecule has 2 aliphatic carbocycles. The van der Waals surface area contributed by atoms with Gasteiger partial charge >= 0.3 is 129 Å². The Labute approximate surface area is 153 Å². The van der Waals surface area contributed by atoms with E-state index in [4.69, 9.17) is 0 Å². The van der Waals surface area contributed by atoms with E-state index in [1.54, 1.807) is 17.7 Å². The summed E-state index contributed by atoms with van der Waals surface area (Å²) in [5.41, 5.74) is 6.30. The largest absolute Gasteiger partial charge is 0.147 e. The summed E-state index contributed by atoms with van der Waals surface area (Å²) >= 11 is -0.697. The molecular weight excluding hydrogens is 382 g/mol. The maximum absolute atomic E-state index is 9.17. The molecule has 0 saturated carbocycles. The molecule has 4 heteroatoms. The summed E-state index contributed by atoms with van der Waals surface area (Å²) < 4.78 is 3.41. The van der Waals surface area contributed by atoms with Crippen molar-refractivity contribution in [2.75, 3.05) is 6.61 Å². The summed E-state index contributed by atoms with van der Waals surface area (Å²) in [5.74, 6) is 0. The molecule has 0 aromatic carbocycles. The molecule has 0 atom stereocenters. The minimum atomic E-state index is -0.697. The first-order valence-corrected chi connectivity index (χ1v) is 9.51. The number of hydrogen-bond donors (Lipinski definition) is 1. The van der Waals surface area contributed by atoms with Crippen molar-refractivity contribution in [1.29, 1.82) is 0 Å². The second-order valence-electron chi connectivity index (χ2n) is 6.08. The van der Waals surface area contributed by atoms with Crippen molar-refractivity contribution in [2.45, 2.75) is 47.5 Å². The van der Waals surface area contributed by atoms with E-state index in [1.165, 1.54) is 11.1 Å². The van der Waals surface area contributed by atoms with Gasteiger partial charge in [0.05, 0.1) is 0 Å². The number of rotatable bonds is 4. The first-order chi connectivity index (χ1) is 8.89. The van der Waals surface area contributed by atoms with Crippen LogP contribution in [0.5, 0.6) is 0 Å². The van der Waals surface area contributed by atoms with E-state index in [9.17, 15) is 5.11 Å². The smallest absolute Gasteiger partial charge is 0.147 e. The van der Waals surface area contributed by atoms with E-state index in [0.29, 0.717) is 0 Å². The van der Waals surface area contributed by atoms with Crippen molar-refractivity contribution in [3.05, 3.63) is 41.0 Å². The van der Waals surface area contributed by atoms with Gasteiger partial charge in [0.25, 0.3) is 0 Å². The summed E-state index contributed by atoms with van der Waals surface area (Å²) in [5, 5.41) is 9.17. The predicted molar refractivity (Wildman–Crippen MR) is 91.8 cm³/mol. The Morgan fingerprint density at radius 2 is 1.76 bits per heavy atom. The van der Waals surface area contributed by atoms with Gasteiger partial charge in [-0.3, -0.25) is 0 Å². The number of hydrogen-bond acceptors (Lipinski definition) is 1. The van der Waals surface area contributed by atoms with Gasteiger partial charge in [0.15, 0.2) is 0 Å². The average Bonchev–Trinajstić information content (AvgIpc) is 2.85. The molecule has 0 aromatic heterocycles. The van der Waals surface area contributed by atoms with Gasteiger partial charge in [0.2, 0.25) is 0 Å². The Morgan fingerprint density at radius 3 is 2.24 bits per heavy atom. The van der Waals surface area contributed by atoms with Crippen LogP contribution in [0.25, 0.3) is 0 Å². The standard InChI is InChI=1S/C10H15.C7H9O.2ClH.Zr/c1-7-6-10(4,5)9(3)8(7)2;8-6-5-7-3-1-2-4-7;;;/h1-5H3;1,3,8H,2,5-6H2;2*1H;. The van der Waals surface area contributed by atoms with Gasteiger partial charge in [-0.2, -0.15) is 0 Å². The van der Waals surface area contributed by atoms with Gasteiger partial charge in [-0.05, 0) is 0 Å². The second kappa shape index (κ2) is 8.30. The molecule has 21 heavy (non-hydrogen) atoms. The topological polar surface area (TPSA) is 20.2 Å². The number of aliphatic hydroxyl groups is 1. The number of halogens is 2. The third-order valence-electron chi connectivity index (χ3n) is 4.75. The fourth-order valence-corrected chi connectivity index (χ4v) is 7.37. The third-order valence-corrected chi connectivity index (χ3v) is 9.85. The molecule has 2 aliphatic rings.